The summed E-state index contributed by atoms with van der Waals surface area (Å²) in [5.41, 5.74) is 4.05. The number of benzene rings is 4. The first kappa shape index (κ1) is 45.0. The summed E-state index contributed by atoms with van der Waals surface area (Å²) < 4.78 is 20.7. The second-order valence-corrected chi connectivity index (χ2v) is 16.3. The summed E-state index contributed by atoms with van der Waals surface area (Å²) in [5.74, 6) is -1.12. The molecule has 2 aliphatic carbocycles. The molecule has 3 aliphatic rings. The van der Waals surface area contributed by atoms with Crippen molar-refractivity contribution in [2.24, 2.45) is 22.9 Å². The number of ether oxygens (including phenoxy) is 3. The van der Waals surface area contributed by atoms with Crippen molar-refractivity contribution in [3.05, 3.63) is 155 Å². The first-order valence-electron chi connectivity index (χ1n) is 21.8. The molecule has 12 nitrogen and oxygen atoms in total. The van der Waals surface area contributed by atoms with Gasteiger partial charge in [-0.25, -0.2) is 0 Å². The zero-order valence-corrected chi connectivity index (χ0v) is 35.8. The molecule has 4 aromatic carbocycles. The standard InChI is InChI=1S/C51H57N3O9/c1-4-29-61-40-24-25-46-44(32-40)49-42(18-9-11-28-56)37(14-8-10-27-55)31-43-45(52-60-3)33-47(51(63-46,50(43)49)62-30-5-2)53(34-38-16-12-15-36-13-6-7-17-41(36)38)48(57)26-21-35-19-22-39(23-20-35)54(58)59/h4-7,12-13,15-17,19-26,31-32,37,42,47,49-50,55-56H,1-2,8-11,14,18,27-30,33-34H2,3H3. The predicted molar refractivity (Wildman–Crippen MR) is 244 cm³/mol. The maximum atomic E-state index is 15.2. The number of oxime groups is 1. The van der Waals surface area contributed by atoms with Crippen molar-refractivity contribution in [1.29, 1.82) is 0 Å². The van der Waals surface area contributed by atoms with Gasteiger partial charge in [-0.2, -0.15) is 0 Å². The van der Waals surface area contributed by atoms with Gasteiger partial charge in [0, 0.05) is 55.9 Å². The number of non-ortho nitro benzene ring substituents is 1. The molecule has 63 heavy (non-hydrogen) atoms. The van der Waals surface area contributed by atoms with E-state index in [0.29, 0.717) is 42.2 Å². The van der Waals surface area contributed by atoms with Gasteiger partial charge in [0.25, 0.3) is 5.69 Å². The van der Waals surface area contributed by atoms with E-state index in [9.17, 15) is 20.3 Å². The van der Waals surface area contributed by atoms with Crippen molar-refractivity contribution in [2.45, 2.75) is 69.2 Å². The van der Waals surface area contributed by atoms with Gasteiger partial charge in [0.2, 0.25) is 11.7 Å². The van der Waals surface area contributed by atoms with Crippen molar-refractivity contribution in [3.63, 3.8) is 0 Å². The minimum absolute atomic E-state index is 0.0415. The Hall–Kier alpha value is -6.08. The van der Waals surface area contributed by atoms with Crippen LogP contribution in [0.4, 0.5) is 5.69 Å². The van der Waals surface area contributed by atoms with Gasteiger partial charge in [0.15, 0.2) is 0 Å². The van der Waals surface area contributed by atoms with Gasteiger partial charge in [-0.3, -0.25) is 14.9 Å². The molecule has 7 rings (SSSR count). The molecule has 12 heteroatoms. The van der Waals surface area contributed by atoms with E-state index in [-0.39, 0.29) is 62.1 Å². The van der Waals surface area contributed by atoms with Crippen LogP contribution in [0.1, 0.15) is 67.6 Å². The Bertz CT molecular complexity index is 2350. The molecular formula is C51H57N3O9. The summed E-state index contributed by atoms with van der Waals surface area (Å²) in [4.78, 5) is 33.6. The fraction of sp³-hybridized carbons (Fsp3) is 0.373. The molecule has 0 spiro atoms. The van der Waals surface area contributed by atoms with Gasteiger partial charge in [-0.05, 0) is 101 Å². The van der Waals surface area contributed by atoms with E-state index in [4.69, 9.17) is 24.2 Å². The Morgan fingerprint density at radius 2 is 1.71 bits per heavy atom. The van der Waals surface area contributed by atoms with Crippen molar-refractivity contribution in [3.8, 4) is 11.5 Å². The van der Waals surface area contributed by atoms with Crippen molar-refractivity contribution in [2.75, 3.05) is 33.5 Å². The maximum Gasteiger partial charge on any atom is 0.269 e. The number of hydrogen-bond donors (Lipinski definition) is 2. The highest BCUT2D eigenvalue weighted by atomic mass is 16.7. The molecule has 2 N–H and O–H groups in total. The number of unbranched alkanes of at least 4 members (excludes halogenated alkanes) is 2. The third-order valence-corrected chi connectivity index (χ3v) is 12.6. The average Bonchev–Trinajstić information content (AvgIpc) is 3.30. The van der Waals surface area contributed by atoms with E-state index in [2.05, 4.69) is 25.3 Å². The van der Waals surface area contributed by atoms with Crippen LogP contribution in [0.5, 0.6) is 11.5 Å². The minimum atomic E-state index is -1.47. The largest absolute Gasteiger partial charge is 0.490 e. The molecule has 0 aromatic heterocycles. The monoisotopic (exact) mass is 855 g/mol. The topological polar surface area (TPSA) is 153 Å². The first-order chi connectivity index (χ1) is 30.8. The van der Waals surface area contributed by atoms with Crippen molar-refractivity contribution in [1.82, 2.24) is 4.90 Å². The quantitative estimate of drug-likeness (QED) is 0.0275. The molecule has 4 aromatic rings. The fourth-order valence-corrected chi connectivity index (χ4v) is 9.93. The number of fused-ring (bicyclic) bond motifs is 3. The van der Waals surface area contributed by atoms with E-state index in [1.807, 2.05) is 59.5 Å². The second-order valence-electron chi connectivity index (χ2n) is 16.3. The van der Waals surface area contributed by atoms with Crippen LogP contribution in [0.2, 0.25) is 0 Å². The Labute approximate surface area is 369 Å². The van der Waals surface area contributed by atoms with E-state index < -0.39 is 22.7 Å². The summed E-state index contributed by atoms with van der Waals surface area (Å²) in [6, 6.07) is 25.3. The Morgan fingerprint density at radius 1 is 0.968 bits per heavy atom. The molecule has 6 unspecified atom stereocenters. The van der Waals surface area contributed by atoms with Gasteiger partial charge in [-0.1, -0.05) is 85.3 Å². The van der Waals surface area contributed by atoms with E-state index in [1.54, 1.807) is 30.4 Å². The van der Waals surface area contributed by atoms with Gasteiger partial charge < -0.3 is 34.2 Å². The van der Waals surface area contributed by atoms with Crippen LogP contribution in [-0.4, -0.2) is 77.0 Å². The Kier molecular flexibility index (Phi) is 14.9. The summed E-state index contributed by atoms with van der Waals surface area (Å²) in [6.07, 6.45) is 13.6. The Morgan fingerprint density at radius 3 is 2.44 bits per heavy atom. The van der Waals surface area contributed by atoms with Gasteiger partial charge in [0.05, 0.1) is 23.2 Å². The number of carbonyl (C=O) groups excluding carboxylic acids is 1. The van der Waals surface area contributed by atoms with Crippen LogP contribution in [0.25, 0.3) is 16.8 Å². The Balaban J connectivity index is 1.46. The summed E-state index contributed by atoms with van der Waals surface area (Å²) in [7, 11) is 1.53. The molecular weight excluding hydrogens is 799 g/mol. The van der Waals surface area contributed by atoms with Crippen LogP contribution in [0, 0.1) is 27.9 Å². The molecule has 1 fully saturated rings. The van der Waals surface area contributed by atoms with Crippen LogP contribution in [0.15, 0.2) is 133 Å². The molecule has 1 saturated carbocycles. The number of aliphatic hydroxyl groups is 2. The van der Waals surface area contributed by atoms with E-state index in [1.165, 1.54) is 25.3 Å². The lowest BCUT2D eigenvalue weighted by molar-refractivity contribution is -0.384. The molecule has 1 amide bonds. The molecule has 0 saturated heterocycles. The molecule has 1 aliphatic heterocycles. The second kappa shape index (κ2) is 20.9. The maximum absolute atomic E-state index is 15.2. The molecule has 0 radical (unpaired) electrons. The zero-order valence-electron chi connectivity index (χ0n) is 35.8. The van der Waals surface area contributed by atoms with E-state index >= 15 is 4.79 Å². The number of rotatable bonds is 21. The van der Waals surface area contributed by atoms with Crippen LogP contribution in [0.3, 0.4) is 0 Å². The number of aliphatic hydroxyl groups excluding tert-OH is 2. The van der Waals surface area contributed by atoms with Gasteiger partial charge >= 0.3 is 0 Å². The average molecular weight is 856 g/mol. The van der Waals surface area contributed by atoms with Crippen LogP contribution in [-0.2, 0) is 20.9 Å². The lowest BCUT2D eigenvalue weighted by Gasteiger charge is -2.60. The minimum Gasteiger partial charge on any atom is -0.490 e. The normalized spacial score (nSPS) is 23.0. The number of amides is 1. The number of carbonyl (C=O) groups is 1. The van der Waals surface area contributed by atoms with Crippen molar-refractivity contribution < 1.29 is 39.0 Å². The summed E-state index contributed by atoms with van der Waals surface area (Å²) >= 11 is 0. The first-order valence-corrected chi connectivity index (χ1v) is 21.8. The smallest absolute Gasteiger partial charge is 0.269 e. The number of hydrogen-bond acceptors (Lipinski definition) is 10. The highest BCUT2D eigenvalue weighted by Gasteiger charge is 2.65. The SMILES string of the molecule is C=CCOc1ccc2c(c1)C1C(CCCCO)C(CCCCO)C=C3C(=NOC)CC(N(Cc4cccc5ccccc45)C(=O)C=Cc4ccc([N+](=O)[O-])cc4)C(OCC=C)(O2)C31. The van der Waals surface area contributed by atoms with E-state index in [0.717, 1.165) is 53.2 Å². The fourth-order valence-electron chi connectivity index (χ4n) is 9.93. The van der Waals surface area contributed by atoms with Gasteiger partial charge in [0.1, 0.15) is 31.3 Å². The number of nitrogens with zero attached hydrogens (tertiary/aromatic N) is 3. The van der Waals surface area contributed by atoms with Gasteiger partial charge in [-0.15, -0.1) is 6.58 Å². The molecule has 6 atom stereocenters. The summed E-state index contributed by atoms with van der Waals surface area (Å²) in [6.45, 7) is 8.68. The summed E-state index contributed by atoms with van der Waals surface area (Å²) in [5, 5.41) is 38.0. The number of nitro benzene ring substituents is 1. The molecule has 0 bridgehead atoms. The number of nitro groups is 1. The van der Waals surface area contributed by atoms with Crippen molar-refractivity contribution >= 4 is 34.2 Å². The highest BCUT2D eigenvalue weighted by molar-refractivity contribution is 6.03. The molecule has 1 heterocycles. The lowest BCUT2D eigenvalue weighted by Crippen LogP contribution is -2.70. The zero-order chi connectivity index (χ0) is 44.3. The third-order valence-electron chi connectivity index (χ3n) is 12.6. The lowest BCUT2D eigenvalue weighted by atomic mass is 9.55. The number of allylic oxidation sites excluding steroid dienone is 1. The molecule has 330 valence electrons. The van der Waals surface area contributed by atoms with Crippen LogP contribution >= 0.6 is 0 Å². The highest BCUT2D eigenvalue weighted by Crippen LogP contribution is 2.62. The third kappa shape index (κ3) is 9.63. The predicted octanol–water partition coefficient (Wildman–Crippen LogP) is 9.32. The van der Waals surface area contributed by atoms with Crippen LogP contribution < -0.4 is 9.47 Å².